The molecule has 0 heterocycles. The highest BCUT2D eigenvalue weighted by atomic mass is 19.1. The van der Waals surface area contributed by atoms with Gasteiger partial charge in [0.15, 0.2) is 11.6 Å². The van der Waals surface area contributed by atoms with Crippen LogP contribution in [-0.2, 0) is 11.2 Å². The molecule has 0 aliphatic carbocycles. The number of carbonyl (C=O) groups excluding carboxylic acids is 1. The summed E-state index contributed by atoms with van der Waals surface area (Å²) in [6, 6.07) is 4.42. The minimum absolute atomic E-state index is 0.0285. The number of Topliss-reactive ketones (excluding diaryl/α,β-unsaturated/α-hetero) is 1. The van der Waals surface area contributed by atoms with Crippen LogP contribution in [0, 0.1) is 11.7 Å². The number of hydrogen-bond donors (Lipinski definition) is 1. The molecule has 0 saturated heterocycles. The summed E-state index contributed by atoms with van der Waals surface area (Å²) in [5.41, 5.74) is 6.48. The normalized spacial score (nSPS) is 12.6. The molecule has 0 saturated carbocycles. The highest BCUT2D eigenvalue weighted by Gasteiger charge is 2.14. The Bertz CT molecular complexity index is 418. The van der Waals surface area contributed by atoms with Gasteiger partial charge in [0.1, 0.15) is 5.78 Å². The van der Waals surface area contributed by atoms with Crippen LogP contribution in [0.15, 0.2) is 18.2 Å². The van der Waals surface area contributed by atoms with E-state index in [1.165, 1.54) is 19.2 Å². The quantitative estimate of drug-likeness (QED) is 0.846. The second kappa shape index (κ2) is 6.50. The Morgan fingerprint density at radius 2 is 2.11 bits per heavy atom. The van der Waals surface area contributed by atoms with Gasteiger partial charge in [0, 0.05) is 18.9 Å². The van der Waals surface area contributed by atoms with Gasteiger partial charge in [-0.3, -0.25) is 4.79 Å². The van der Waals surface area contributed by atoms with Gasteiger partial charge in [0.25, 0.3) is 0 Å². The molecule has 2 N–H and O–H groups in total. The van der Waals surface area contributed by atoms with Crippen LogP contribution in [0.25, 0.3) is 0 Å². The van der Waals surface area contributed by atoms with Gasteiger partial charge in [-0.25, -0.2) is 4.39 Å². The van der Waals surface area contributed by atoms with Crippen molar-refractivity contribution >= 4 is 5.78 Å². The molecule has 100 valence electrons. The third kappa shape index (κ3) is 4.11. The number of ether oxygens (including phenoxy) is 1. The summed E-state index contributed by atoms with van der Waals surface area (Å²) in [5, 5.41) is 0. The van der Waals surface area contributed by atoms with Crippen LogP contribution in [0.5, 0.6) is 5.75 Å². The van der Waals surface area contributed by atoms with E-state index in [1.54, 1.807) is 6.07 Å². The molecular formula is C14H20FNO2. The molecule has 0 aliphatic rings. The topological polar surface area (TPSA) is 52.3 Å². The first-order valence-corrected chi connectivity index (χ1v) is 6.03. The first kappa shape index (κ1) is 14.6. The second-order valence-corrected chi connectivity index (χ2v) is 4.80. The number of hydrogen-bond acceptors (Lipinski definition) is 3. The molecule has 18 heavy (non-hydrogen) atoms. The molecule has 0 aromatic heterocycles. The molecule has 0 bridgehead atoms. The van der Waals surface area contributed by atoms with Crippen molar-refractivity contribution in [1.82, 2.24) is 0 Å². The minimum atomic E-state index is -0.448. The molecule has 1 unspecified atom stereocenters. The van der Waals surface area contributed by atoms with Gasteiger partial charge < -0.3 is 10.5 Å². The summed E-state index contributed by atoms with van der Waals surface area (Å²) in [6.07, 6.45) is 0.534. The van der Waals surface area contributed by atoms with E-state index in [0.717, 1.165) is 0 Å². The summed E-state index contributed by atoms with van der Waals surface area (Å²) in [4.78, 5) is 11.8. The first-order chi connectivity index (χ1) is 8.43. The molecular weight excluding hydrogens is 233 g/mol. The highest BCUT2D eigenvalue weighted by molar-refractivity contribution is 5.81. The maximum Gasteiger partial charge on any atom is 0.165 e. The van der Waals surface area contributed by atoms with Crippen molar-refractivity contribution in [3.8, 4) is 5.75 Å². The minimum Gasteiger partial charge on any atom is -0.494 e. The van der Waals surface area contributed by atoms with Gasteiger partial charge in [-0.15, -0.1) is 0 Å². The van der Waals surface area contributed by atoms with Crippen molar-refractivity contribution in [1.29, 1.82) is 0 Å². The van der Waals surface area contributed by atoms with Crippen LogP contribution < -0.4 is 10.5 Å². The van der Waals surface area contributed by atoms with E-state index in [2.05, 4.69) is 0 Å². The van der Waals surface area contributed by atoms with Crippen LogP contribution in [-0.4, -0.2) is 18.9 Å². The third-order valence-corrected chi connectivity index (χ3v) is 2.94. The molecule has 3 nitrogen and oxygen atoms in total. The second-order valence-electron chi connectivity index (χ2n) is 4.80. The average Bonchev–Trinajstić information content (AvgIpc) is 2.28. The van der Waals surface area contributed by atoms with Crippen LogP contribution in [0.1, 0.15) is 25.8 Å². The highest BCUT2D eigenvalue weighted by Crippen LogP contribution is 2.18. The summed E-state index contributed by atoms with van der Waals surface area (Å²) >= 11 is 0. The lowest BCUT2D eigenvalue weighted by molar-refractivity contribution is -0.118. The standard InChI is InChI=1S/C14H20FNO2/c1-9(2)13(16)8-11(17)6-10-4-5-14(18-3)12(15)7-10/h4-5,7,9,13H,6,8,16H2,1-3H3. The van der Waals surface area contributed by atoms with E-state index >= 15 is 0 Å². The maximum absolute atomic E-state index is 13.4. The first-order valence-electron chi connectivity index (χ1n) is 6.03. The summed E-state index contributed by atoms with van der Waals surface area (Å²) in [5.74, 6) is 0.0309. The largest absolute Gasteiger partial charge is 0.494 e. The van der Waals surface area contributed by atoms with Crippen molar-refractivity contribution in [2.75, 3.05) is 7.11 Å². The monoisotopic (exact) mass is 253 g/mol. The molecule has 1 aromatic carbocycles. The molecule has 0 spiro atoms. The maximum atomic E-state index is 13.4. The fourth-order valence-electron chi connectivity index (χ4n) is 1.62. The number of rotatable bonds is 6. The van der Waals surface area contributed by atoms with Gasteiger partial charge in [0.05, 0.1) is 7.11 Å². The molecule has 1 rings (SSSR count). The van der Waals surface area contributed by atoms with Gasteiger partial charge in [0.2, 0.25) is 0 Å². The van der Waals surface area contributed by atoms with Gasteiger partial charge in [-0.1, -0.05) is 19.9 Å². The lowest BCUT2D eigenvalue weighted by Crippen LogP contribution is -2.29. The zero-order chi connectivity index (χ0) is 13.7. The van der Waals surface area contributed by atoms with E-state index in [-0.39, 0.29) is 29.9 Å². The summed E-state index contributed by atoms with van der Waals surface area (Å²) < 4.78 is 18.3. The predicted molar refractivity (Wildman–Crippen MR) is 69.1 cm³/mol. The fraction of sp³-hybridized carbons (Fsp3) is 0.500. The Balaban J connectivity index is 2.62. The molecule has 0 radical (unpaired) electrons. The Morgan fingerprint density at radius 1 is 1.44 bits per heavy atom. The molecule has 0 fully saturated rings. The Morgan fingerprint density at radius 3 is 2.61 bits per heavy atom. The number of carbonyl (C=O) groups is 1. The smallest absolute Gasteiger partial charge is 0.165 e. The zero-order valence-corrected chi connectivity index (χ0v) is 11.1. The van der Waals surface area contributed by atoms with Gasteiger partial charge in [-0.2, -0.15) is 0 Å². The summed E-state index contributed by atoms with van der Waals surface area (Å²) in [7, 11) is 1.41. The van der Waals surface area contributed by atoms with Gasteiger partial charge >= 0.3 is 0 Å². The van der Waals surface area contributed by atoms with Crippen molar-refractivity contribution < 1.29 is 13.9 Å². The van der Waals surface area contributed by atoms with Crippen LogP contribution in [0.3, 0.4) is 0 Å². The van der Waals surface area contributed by atoms with Crippen molar-refractivity contribution in [2.24, 2.45) is 11.7 Å². The summed E-state index contributed by atoms with van der Waals surface area (Å²) in [6.45, 7) is 3.95. The average molecular weight is 253 g/mol. The molecule has 1 atom stereocenters. The van der Waals surface area contributed by atoms with Crippen molar-refractivity contribution in [3.63, 3.8) is 0 Å². The Hall–Kier alpha value is -1.42. The lowest BCUT2D eigenvalue weighted by atomic mass is 9.97. The van der Waals surface area contributed by atoms with Crippen LogP contribution >= 0.6 is 0 Å². The Kier molecular flexibility index (Phi) is 5.28. The lowest BCUT2D eigenvalue weighted by Gasteiger charge is -2.14. The zero-order valence-electron chi connectivity index (χ0n) is 11.1. The molecule has 1 aromatic rings. The van der Waals surface area contributed by atoms with E-state index in [9.17, 15) is 9.18 Å². The number of ketones is 1. The predicted octanol–water partition coefficient (Wildman–Crippen LogP) is 2.32. The number of nitrogens with two attached hydrogens (primary N) is 1. The van der Waals surface area contributed by atoms with Crippen molar-refractivity contribution in [2.45, 2.75) is 32.7 Å². The fourth-order valence-corrected chi connectivity index (χ4v) is 1.62. The van der Waals surface area contributed by atoms with Gasteiger partial charge in [-0.05, 0) is 23.6 Å². The molecule has 0 aliphatic heterocycles. The van der Waals surface area contributed by atoms with Crippen LogP contribution in [0.2, 0.25) is 0 Å². The van der Waals surface area contributed by atoms with E-state index in [0.29, 0.717) is 12.0 Å². The number of methoxy groups -OCH3 is 1. The molecule has 0 amide bonds. The third-order valence-electron chi connectivity index (χ3n) is 2.94. The van der Waals surface area contributed by atoms with Crippen molar-refractivity contribution in [3.05, 3.63) is 29.6 Å². The number of benzene rings is 1. The van der Waals surface area contributed by atoms with E-state index < -0.39 is 5.82 Å². The SMILES string of the molecule is COc1ccc(CC(=O)CC(N)C(C)C)cc1F. The number of halogens is 1. The Labute approximate surface area is 107 Å². The molecule has 4 heteroatoms. The van der Waals surface area contributed by atoms with E-state index in [4.69, 9.17) is 10.5 Å². The van der Waals surface area contributed by atoms with Crippen LogP contribution in [0.4, 0.5) is 4.39 Å². The van der Waals surface area contributed by atoms with E-state index in [1.807, 2.05) is 13.8 Å².